The maximum atomic E-state index is 12.4. The Hall–Kier alpha value is -3.06. The van der Waals surface area contributed by atoms with Crippen molar-refractivity contribution in [2.75, 3.05) is 12.4 Å². The first-order valence-corrected chi connectivity index (χ1v) is 8.12. The monoisotopic (exact) mass is 373 g/mol. The van der Waals surface area contributed by atoms with Crippen molar-refractivity contribution >= 4 is 23.2 Å². The molecule has 0 bridgehead atoms. The molecule has 0 aliphatic heterocycles. The van der Waals surface area contributed by atoms with Crippen molar-refractivity contribution in [1.29, 1.82) is 0 Å². The number of benzene rings is 2. The number of nitrogens with zero attached hydrogens (tertiary/aromatic N) is 2. The van der Waals surface area contributed by atoms with Crippen LogP contribution in [-0.4, -0.2) is 29.3 Å². The number of carbonyl (C=O) groups excluding carboxylic acids is 1. The summed E-state index contributed by atoms with van der Waals surface area (Å²) in [5.74, 6) is 1.13. The van der Waals surface area contributed by atoms with Crippen molar-refractivity contribution in [2.45, 2.75) is 13.0 Å². The van der Waals surface area contributed by atoms with Crippen molar-refractivity contribution in [3.8, 4) is 23.0 Å². The lowest BCUT2D eigenvalue weighted by atomic mass is 10.2. The molecule has 0 saturated heterocycles. The zero-order valence-electron chi connectivity index (χ0n) is 14.1. The fraction of sp³-hybridized carbons (Fsp3) is 0.167. The SMILES string of the molecule is COc1ccc(Cl)cc1NC(=O)[C@@H](C)Oc1ccc(-c2nnco2)cc1. The number of methoxy groups -OCH3 is 1. The van der Waals surface area contributed by atoms with Crippen molar-refractivity contribution < 1.29 is 18.7 Å². The van der Waals surface area contributed by atoms with E-state index < -0.39 is 6.10 Å². The zero-order valence-corrected chi connectivity index (χ0v) is 14.9. The summed E-state index contributed by atoms with van der Waals surface area (Å²) in [6.07, 6.45) is 0.531. The van der Waals surface area contributed by atoms with E-state index in [9.17, 15) is 4.79 Å². The quantitative estimate of drug-likeness (QED) is 0.707. The highest BCUT2D eigenvalue weighted by Gasteiger charge is 2.17. The molecular formula is C18H16ClN3O4. The molecule has 0 spiro atoms. The van der Waals surface area contributed by atoms with Gasteiger partial charge in [-0.3, -0.25) is 4.79 Å². The summed E-state index contributed by atoms with van der Waals surface area (Å²) in [6, 6.07) is 12.0. The van der Waals surface area contributed by atoms with Crippen LogP contribution in [0.1, 0.15) is 6.92 Å². The lowest BCUT2D eigenvalue weighted by Gasteiger charge is -2.16. The Balaban J connectivity index is 1.65. The second-order valence-corrected chi connectivity index (χ2v) is 5.80. The summed E-state index contributed by atoms with van der Waals surface area (Å²) in [5.41, 5.74) is 1.24. The van der Waals surface area contributed by atoms with Crippen LogP contribution < -0.4 is 14.8 Å². The smallest absolute Gasteiger partial charge is 0.265 e. The number of aromatic nitrogens is 2. The van der Waals surface area contributed by atoms with E-state index in [2.05, 4.69) is 15.5 Å². The van der Waals surface area contributed by atoms with E-state index in [-0.39, 0.29) is 5.91 Å². The van der Waals surface area contributed by atoms with Crippen LogP contribution in [0, 0.1) is 0 Å². The molecule has 3 aromatic rings. The number of amides is 1. The molecular weight excluding hydrogens is 358 g/mol. The van der Waals surface area contributed by atoms with Gasteiger partial charge < -0.3 is 19.2 Å². The molecule has 0 aliphatic carbocycles. The number of hydrogen-bond acceptors (Lipinski definition) is 6. The minimum Gasteiger partial charge on any atom is -0.495 e. The molecule has 0 saturated carbocycles. The van der Waals surface area contributed by atoms with E-state index in [1.807, 2.05) is 0 Å². The van der Waals surface area contributed by atoms with Crippen LogP contribution >= 0.6 is 11.6 Å². The van der Waals surface area contributed by atoms with E-state index in [0.29, 0.717) is 28.1 Å². The summed E-state index contributed by atoms with van der Waals surface area (Å²) in [5, 5.41) is 10.7. The standard InChI is InChI=1S/C18H16ClN3O4/c1-11(17(23)21-15-9-13(19)5-8-16(15)24-2)26-14-6-3-12(4-7-14)18-22-20-10-25-18/h3-11H,1-2H3,(H,21,23)/t11-/m1/s1. The number of halogens is 1. The Bertz CT molecular complexity index is 882. The van der Waals surface area contributed by atoms with Crippen LogP contribution in [0.4, 0.5) is 5.69 Å². The van der Waals surface area contributed by atoms with Crippen molar-refractivity contribution in [2.24, 2.45) is 0 Å². The van der Waals surface area contributed by atoms with E-state index in [1.165, 1.54) is 13.5 Å². The molecule has 0 fully saturated rings. The average Bonchev–Trinajstić information content (AvgIpc) is 3.17. The fourth-order valence-electron chi connectivity index (χ4n) is 2.24. The Morgan fingerprint density at radius 1 is 1.23 bits per heavy atom. The van der Waals surface area contributed by atoms with Crippen LogP contribution in [0.15, 0.2) is 53.3 Å². The number of hydrogen-bond donors (Lipinski definition) is 1. The Kier molecular flexibility index (Phi) is 5.38. The van der Waals surface area contributed by atoms with Gasteiger partial charge in [0.1, 0.15) is 11.5 Å². The van der Waals surface area contributed by atoms with Gasteiger partial charge in [-0.05, 0) is 49.4 Å². The molecule has 8 heteroatoms. The van der Waals surface area contributed by atoms with Gasteiger partial charge in [0.2, 0.25) is 12.3 Å². The number of nitrogens with one attached hydrogen (secondary N) is 1. The lowest BCUT2D eigenvalue weighted by Crippen LogP contribution is -2.30. The third kappa shape index (κ3) is 4.12. The molecule has 1 aromatic heterocycles. The minimum atomic E-state index is -0.729. The van der Waals surface area contributed by atoms with Gasteiger partial charge >= 0.3 is 0 Å². The summed E-state index contributed by atoms with van der Waals surface area (Å²) >= 11 is 5.97. The first-order valence-electron chi connectivity index (χ1n) is 7.74. The molecule has 0 radical (unpaired) electrons. The summed E-state index contributed by atoms with van der Waals surface area (Å²) in [4.78, 5) is 12.4. The highest BCUT2D eigenvalue weighted by molar-refractivity contribution is 6.31. The largest absolute Gasteiger partial charge is 0.495 e. The zero-order chi connectivity index (χ0) is 18.5. The minimum absolute atomic E-state index is 0.327. The lowest BCUT2D eigenvalue weighted by molar-refractivity contribution is -0.122. The van der Waals surface area contributed by atoms with Crippen LogP contribution in [0.3, 0.4) is 0 Å². The highest BCUT2D eigenvalue weighted by atomic mass is 35.5. The molecule has 26 heavy (non-hydrogen) atoms. The number of ether oxygens (including phenoxy) is 2. The molecule has 134 valence electrons. The van der Waals surface area contributed by atoms with Crippen molar-refractivity contribution in [3.63, 3.8) is 0 Å². The van der Waals surface area contributed by atoms with Gasteiger partial charge in [-0.1, -0.05) is 11.6 Å². The third-order valence-corrected chi connectivity index (χ3v) is 3.80. The van der Waals surface area contributed by atoms with Gasteiger partial charge in [0.05, 0.1) is 12.8 Å². The van der Waals surface area contributed by atoms with E-state index in [1.54, 1.807) is 49.4 Å². The molecule has 0 unspecified atom stereocenters. The molecule has 3 rings (SSSR count). The Morgan fingerprint density at radius 3 is 2.65 bits per heavy atom. The summed E-state index contributed by atoms with van der Waals surface area (Å²) in [6.45, 7) is 1.65. The van der Waals surface area contributed by atoms with E-state index >= 15 is 0 Å². The van der Waals surface area contributed by atoms with Crippen LogP contribution in [0.5, 0.6) is 11.5 Å². The van der Waals surface area contributed by atoms with Gasteiger partial charge in [0.25, 0.3) is 5.91 Å². The molecule has 7 nitrogen and oxygen atoms in total. The fourth-order valence-corrected chi connectivity index (χ4v) is 2.42. The second kappa shape index (κ2) is 7.88. The maximum Gasteiger partial charge on any atom is 0.265 e. The van der Waals surface area contributed by atoms with Crippen molar-refractivity contribution in [3.05, 3.63) is 53.9 Å². The summed E-state index contributed by atoms with van der Waals surface area (Å²) in [7, 11) is 1.52. The number of anilines is 1. The van der Waals surface area contributed by atoms with Gasteiger partial charge in [-0.15, -0.1) is 10.2 Å². The molecule has 0 aliphatic rings. The van der Waals surface area contributed by atoms with Crippen LogP contribution in [0.2, 0.25) is 5.02 Å². The van der Waals surface area contributed by atoms with Gasteiger partial charge in [-0.25, -0.2) is 0 Å². The van der Waals surface area contributed by atoms with E-state index in [4.69, 9.17) is 25.5 Å². The average molecular weight is 374 g/mol. The Labute approximate surface area is 154 Å². The predicted octanol–water partition coefficient (Wildman–Crippen LogP) is 3.80. The third-order valence-electron chi connectivity index (χ3n) is 3.56. The Morgan fingerprint density at radius 2 is 2.00 bits per heavy atom. The molecule has 1 amide bonds. The van der Waals surface area contributed by atoms with E-state index in [0.717, 1.165) is 5.56 Å². The van der Waals surface area contributed by atoms with Gasteiger partial charge in [0, 0.05) is 10.6 Å². The first-order chi connectivity index (χ1) is 12.6. The molecule has 2 aromatic carbocycles. The van der Waals surface area contributed by atoms with Crippen LogP contribution in [-0.2, 0) is 4.79 Å². The first kappa shape index (κ1) is 17.8. The highest BCUT2D eigenvalue weighted by Crippen LogP contribution is 2.28. The molecule has 1 heterocycles. The maximum absolute atomic E-state index is 12.4. The normalized spacial score (nSPS) is 11.7. The predicted molar refractivity (Wildman–Crippen MR) is 96.5 cm³/mol. The molecule has 1 N–H and O–H groups in total. The number of rotatable bonds is 6. The second-order valence-electron chi connectivity index (χ2n) is 5.36. The summed E-state index contributed by atoms with van der Waals surface area (Å²) < 4.78 is 16.0. The van der Waals surface area contributed by atoms with Gasteiger partial charge in [-0.2, -0.15) is 0 Å². The topological polar surface area (TPSA) is 86.5 Å². The van der Waals surface area contributed by atoms with Crippen LogP contribution in [0.25, 0.3) is 11.5 Å². The van der Waals surface area contributed by atoms with Crippen molar-refractivity contribution in [1.82, 2.24) is 10.2 Å². The van der Waals surface area contributed by atoms with Gasteiger partial charge in [0.15, 0.2) is 6.10 Å². The molecule has 1 atom stereocenters. The number of carbonyl (C=O) groups is 1.